The molecule has 0 amide bonds. The van der Waals surface area contributed by atoms with Crippen molar-refractivity contribution in [2.75, 3.05) is 0 Å². The molecule has 5 heteroatoms. The maximum Gasteiger partial charge on any atom is 0.404 e. The Labute approximate surface area is 75.5 Å². The number of halogens is 1. The SMILES string of the molecule is CC(OC(=O)Cl)C(C)(C)C(=O)O. The van der Waals surface area contributed by atoms with Crippen LogP contribution in [0.1, 0.15) is 20.8 Å². The normalized spacial score (nSPS) is 13.7. The molecular weight excluding hydrogens is 184 g/mol. The third kappa shape index (κ3) is 2.70. The molecule has 0 saturated carbocycles. The van der Waals surface area contributed by atoms with Gasteiger partial charge in [0.25, 0.3) is 0 Å². The van der Waals surface area contributed by atoms with Gasteiger partial charge in [-0.1, -0.05) is 0 Å². The summed E-state index contributed by atoms with van der Waals surface area (Å²) in [4.78, 5) is 20.9. The smallest absolute Gasteiger partial charge is 0.404 e. The van der Waals surface area contributed by atoms with Crippen molar-refractivity contribution >= 4 is 23.0 Å². The highest BCUT2D eigenvalue weighted by Gasteiger charge is 2.36. The molecule has 0 aliphatic carbocycles. The maximum atomic E-state index is 10.6. The maximum absolute atomic E-state index is 10.6. The summed E-state index contributed by atoms with van der Waals surface area (Å²) in [5.41, 5.74) is -2.11. The van der Waals surface area contributed by atoms with Gasteiger partial charge in [-0.2, -0.15) is 0 Å². The van der Waals surface area contributed by atoms with Crippen molar-refractivity contribution in [2.45, 2.75) is 26.9 Å². The summed E-state index contributed by atoms with van der Waals surface area (Å²) in [5, 5.41) is 8.69. The highest BCUT2D eigenvalue weighted by atomic mass is 35.5. The minimum atomic E-state index is -1.12. The predicted molar refractivity (Wildman–Crippen MR) is 43.2 cm³/mol. The second-order valence-corrected chi connectivity index (χ2v) is 3.33. The van der Waals surface area contributed by atoms with Crippen molar-refractivity contribution in [2.24, 2.45) is 5.41 Å². The van der Waals surface area contributed by atoms with Gasteiger partial charge in [0.1, 0.15) is 6.10 Å². The molecule has 0 radical (unpaired) electrons. The number of carbonyl (C=O) groups excluding carboxylic acids is 1. The van der Waals surface area contributed by atoms with E-state index in [0.717, 1.165) is 0 Å². The number of carbonyl (C=O) groups is 2. The Balaban J connectivity index is 4.35. The van der Waals surface area contributed by atoms with Gasteiger partial charge in [0, 0.05) is 11.6 Å². The lowest BCUT2D eigenvalue weighted by atomic mass is 9.88. The molecule has 12 heavy (non-hydrogen) atoms. The molecule has 0 fully saturated rings. The highest BCUT2D eigenvalue weighted by Crippen LogP contribution is 2.23. The third-order valence-corrected chi connectivity index (χ3v) is 1.93. The van der Waals surface area contributed by atoms with Crippen LogP contribution < -0.4 is 0 Å². The summed E-state index contributed by atoms with van der Waals surface area (Å²) in [6.07, 6.45) is -0.750. The van der Waals surface area contributed by atoms with E-state index in [-0.39, 0.29) is 0 Å². The minimum Gasteiger partial charge on any atom is -0.481 e. The van der Waals surface area contributed by atoms with Crippen molar-refractivity contribution in [1.82, 2.24) is 0 Å². The number of aliphatic carboxylic acids is 1. The van der Waals surface area contributed by atoms with Crippen LogP contribution >= 0.6 is 11.6 Å². The van der Waals surface area contributed by atoms with Crippen molar-refractivity contribution in [1.29, 1.82) is 0 Å². The molecule has 0 aromatic rings. The van der Waals surface area contributed by atoms with E-state index in [0.29, 0.717) is 0 Å². The second-order valence-electron chi connectivity index (χ2n) is 3.02. The number of hydrogen-bond donors (Lipinski definition) is 1. The quantitative estimate of drug-likeness (QED) is 0.697. The molecule has 70 valence electrons. The summed E-state index contributed by atoms with van der Waals surface area (Å²) in [6, 6.07) is 0. The van der Waals surface area contributed by atoms with Crippen LogP contribution in [-0.4, -0.2) is 22.6 Å². The van der Waals surface area contributed by atoms with Gasteiger partial charge in [-0.25, -0.2) is 4.79 Å². The zero-order valence-corrected chi connectivity index (χ0v) is 7.88. The number of hydrogen-bond acceptors (Lipinski definition) is 3. The average molecular weight is 195 g/mol. The Hall–Kier alpha value is -0.770. The zero-order valence-electron chi connectivity index (χ0n) is 7.13. The van der Waals surface area contributed by atoms with Gasteiger partial charge >= 0.3 is 11.4 Å². The minimum absolute atomic E-state index is 0.750. The van der Waals surface area contributed by atoms with Crippen LogP contribution in [0.5, 0.6) is 0 Å². The van der Waals surface area contributed by atoms with Crippen LogP contribution in [0.2, 0.25) is 0 Å². The van der Waals surface area contributed by atoms with E-state index < -0.39 is 22.9 Å². The molecule has 0 spiro atoms. The monoisotopic (exact) mass is 194 g/mol. The molecule has 0 aromatic heterocycles. The number of rotatable bonds is 3. The molecule has 1 N–H and O–H groups in total. The van der Waals surface area contributed by atoms with E-state index in [2.05, 4.69) is 4.74 Å². The lowest BCUT2D eigenvalue weighted by Crippen LogP contribution is -2.37. The molecule has 0 aliphatic rings. The van der Waals surface area contributed by atoms with Crippen LogP contribution in [0.15, 0.2) is 0 Å². The molecule has 0 heterocycles. The fourth-order valence-electron chi connectivity index (χ4n) is 0.460. The number of ether oxygens (including phenoxy) is 1. The van der Waals surface area contributed by atoms with Crippen molar-refractivity contribution in [3.05, 3.63) is 0 Å². The van der Waals surface area contributed by atoms with Crippen molar-refractivity contribution in [3.8, 4) is 0 Å². The Kier molecular flexibility index (Phi) is 3.52. The van der Waals surface area contributed by atoms with Gasteiger partial charge in [-0.05, 0) is 20.8 Å². The molecule has 0 saturated heterocycles. The fraction of sp³-hybridized carbons (Fsp3) is 0.714. The Morgan fingerprint density at radius 3 is 2.17 bits per heavy atom. The number of carboxylic acids is 1. The molecule has 1 unspecified atom stereocenters. The summed E-state index contributed by atoms with van der Waals surface area (Å²) in [6.45, 7) is 4.40. The van der Waals surface area contributed by atoms with Gasteiger partial charge in [-0.3, -0.25) is 4.79 Å². The molecule has 0 bridgehead atoms. The lowest BCUT2D eigenvalue weighted by molar-refractivity contribution is -0.152. The van der Waals surface area contributed by atoms with Gasteiger partial charge in [0.2, 0.25) is 0 Å². The lowest BCUT2D eigenvalue weighted by Gasteiger charge is -2.25. The van der Waals surface area contributed by atoms with Gasteiger partial charge in [-0.15, -0.1) is 0 Å². The Morgan fingerprint density at radius 2 is 1.92 bits per heavy atom. The zero-order chi connectivity index (χ0) is 9.94. The van der Waals surface area contributed by atoms with Crippen LogP contribution in [0, 0.1) is 5.41 Å². The van der Waals surface area contributed by atoms with E-state index in [9.17, 15) is 9.59 Å². The first-order valence-corrected chi connectivity index (χ1v) is 3.75. The summed E-state index contributed by atoms with van der Waals surface area (Å²) >= 11 is 4.93. The van der Waals surface area contributed by atoms with Crippen molar-refractivity contribution in [3.63, 3.8) is 0 Å². The van der Waals surface area contributed by atoms with Crippen LogP contribution in [0.3, 0.4) is 0 Å². The molecule has 0 aliphatic heterocycles. The van der Waals surface area contributed by atoms with Gasteiger partial charge in [0.05, 0.1) is 5.41 Å². The largest absolute Gasteiger partial charge is 0.481 e. The van der Waals surface area contributed by atoms with E-state index in [1.165, 1.54) is 20.8 Å². The summed E-state index contributed by atoms with van der Waals surface area (Å²) in [7, 11) is 0. The second kappa shape index (κ2) is 3.76. The first-order valence-electron chi connectivity index (χ1n) is 3.38. The molecule has 0 aromatic carbocycles. The van der Waals surface area contributed by atoms with Crippen LogP contribution in [-0.2, 0) is 9.53 Å². The molecule has 0 rings (SSSR count). The molecule has 4 nitrogen and oxygen atoms in total. The van der Waals surface area contributed by atoms with E-state index in [1.807, 2.05) is 0 Å². The van der Waals surface area contributed by atoms with E-state index in [1.54, 1.807) is 0 Å². The Morgan fingerprint density at radius 1 is 1.50 bits per heavy atom. The molecule has 1 atom stereocenters. The van der Waals surface area contributed by atoms with Crippen LogP contribution in [0.25, 0.3) is 0 Å². The first kappa shape index (κ1) is 11.2. The number of carboxylic acid groups (broad SMARTS) is 1. The summed E-state index contributed by atoms with van der Waals surface area (Å²) < 4.78 is 4.52. The van der Waals surface area contributed by atoms with Crippen LogP contribution in [0.4, 0.5) is 4.79 Å². The topological polar surface area (TPSA) is 63.6 Å². The highest BCUT2D eigenvalue weighted by molar-refractivity contribution is 6.61. The van der Waals surface area contributed by atoms with Crippen molar-refractivity contribution < 1.29 is 19.4 Å². The Bertz CT molecular complexity index is 200. The standard InChI is InChI=1S/C7H11ClO4/c1-4(12-6(8)11)7(2,3)5(9)10/h4H,1-3H3,(H,9,10). The third-order valence-electron chi connectivity index (χ3n) is 1.84. The average Bonchev–Trinajstić information content (AvgIpc) is 1.85. The van der Waals surface area contributed by atoms with E-state index in [4.69, 9.17) is 16.7 Å². The van der Waals surface area contributed by atoms with E-state index >= 15 is 0 Å². The predicted octanol–water partition coefficient (Wildman–Crippen LogP) is 1.86. The van der Waals surface area contributed by atoms with Gasteiger partial charge in [0.15, 0.2) is 0 Å². The first-order chi connectivity index (χ1) is 5.28. The van der Waals surface area contributed by atoms with Gasteiger partial charge < -0.3 is 9.84 Å². The molecular formula is C7H11ClO4. The summed E-state index contributed by atoms with van der Waals surface area (Å²) in [5.74, 6) is -1.03. The fourth-order valence-corrected chi connectivity index (χ4v) is 0.594.